The Balaban J connectivity index is 1.47. The molecule has 8 nitrogen and oxygen atoms in total. The minimum Gasteiger partial charge on any atom is -0.497 e. The van der Waals surface area contributed by atoms with E-state index < -0.39 is 10.0 Å². The fraction of sp³-hybridized carbons (Fsp3) is 0.440. The number of sulfonamides is 1. The van der Waals surface area contributed by atoms with E-state index >= 15 is 0 Å². The molecule has 0 saturated carbocycles. The van der Waals surface area contributed by atoms with Crippen LogP contribution in [0.4, 0.5) is 5.13 Å². The fourth-order valence-corrected chi connectivity index (χ4v) is 6.75. The van der Waals surface area contributed by atoms with Gasteiger partial charge in [0.25, 0.3) is 0 Å². The number of ether oxygens (including phenoxy) is 1. The van der Waals surface area contributed by atoms with Crippen LogP contribution in [0.15, 0.2) is 53.4 Å². The molecule has 0 aliphatic carbocycles. The van der Waals surface area contributed by atoms with Crippen molar-refractivity contribution in [3.05, 3.63) is 48.5 Å². The Morgan fingerprint density at radius 3 is 2.40 bits per heavy atom. The van der Waals surface area contributed by atoms with Crippen molar-refractivity contribution in [2.75, 3.05) is 52.3 Å². The lowest BCUT2D eigenvalue weighted by Crippen LogP contribution is -2.45. The number of fused-ring (bicyclic) bond motifs is 1. The summed E-state index contributed by atoms with van der Waals surface area (Å²) < 4.78 is 33.9. The average molecular weight is 517 g/mol. The van der Waals surface area contributed by atoms with Crippen LogP contribution in [0.2, 0.25) is 0 Å². The fourth-order valence-electron chi connectivity index (χ4n) is 4.28. The number of aromatic nitrogens is 1. The Morgan fingerprint density at radius 1 is 1.09 bits per heavy atom. The number of methoxy groups -OCH3 is 1. The van der Waals surface area contributed by atoms with Crippen LogP contribution in [0.3, 0.4) is 0 Å². The Kier molecular flexibility index (Phi) is 8.05. The first-order chi connectivity index (χ1) is 16.8. The maximum absolute atomic E-state index is 13.6. The van der Waals surface area contributed by atoms with E-state index in [9.17, 15) is 13.2 Å². The predicted octanol–water partition coefficient (Wildman–Crippen LogP) is 3.69. The molecule has 188 valence electrons. The molecule has 1 amide bonds. The lowest BCUT2D eigenvalue weighted by atomic mass is 9.96. The molecule has 0 radical (unpaired) electrons. The van der Waals surface area contributed by atoms with Gasteiger partial charge in [0.1, 0.15) is 5.75 Å². The Bertz CT molecular complexity index is 1220. The van der Waals surface area contributed by atoms with E-state index in [1.54, 1.807) is 31.4 Å². The quantitative estimate of drug-likeness (QED) is 0.431. The van der Waals surface area contributed by atoms with Crippen LogP contribution in [-0.4, -0.2) is 75.9 Å². The van der Waals surface area contributed by atoms with Crippen LogP contribution in [0.5, 0.6) is 5.75 Å². The van der Waals surface area contributed by atoms with Gasteiger partial charge in [-0.25, -0.2) is 13.4 Å². The van der Waals surface area contributed by atoms with Gasteiger partial charge >= 0.3 is 0 Å². The van der Waals surface area contributed by atoms with E-state index in [0.29, 0.717) is 43.4 Å². The van der Waals surface area contributed by atoms with Gasteiger partial charge in [-0.1, -0.05) is 23.5 Å². The highest BCUT2D eigenvalue weighted by Gasteiger charge is 2.35. The second-order valence-electron chi connectivity index (χ2n) is 8.96. The molecule has 3 aromatic rings. The molecule has 35 heavy (non-hydrogen) atoms. The van der Waals surface area contributed by atoms with Gasteiger partial charge < -0.3 is 9.64 Å². The molecule has 1 aromatic heterocycles. The molecule has 0 unspecified atom stereocenters. The summed E-state index contributed by atoms with van der Waals surface area (Å²) in [5, 5.41) is 0.711. The van der Waals surface area contributed by atoms with Gasteiger partial charge in [-0.05, 0) is 76.3 Å². The van der Waals surface area contributed by atoms with Crippen molar-refractivity contribution in [2.45, 2.75) is 24.2 Å². The molecule has 10 heteroatoms. The highest BCUT2D eigenvalue weighted by Crippen LogP contribution is 2.32. The van der Waals surface area contributed by atoms with E-state index in [2.05, 4.69) is 4.90 Å². The molecular formula is C25H32N4O4S2. The van der Waals surface area contributed by atoms with E-state index in [4.69, 9.17) is 9.72 Å². The number of carbonyl (C=O) groups is 1. The summed E-state index contributed by atoms with van der Waals surface area (Å²) in [6.07, 6.45) is 1.81. The molecule has 0 spiro atoms. The molecule has 2 heterocycles. The second kappa shape index (κ2) is 11.0. The number of hydrogen-bond acceptors (Lipinski definition) is 7. The van der Waals surface area contributed by atoms with Gasteiger partial charge in [-0.2, -0.15) is 4.31 Å². The van der Waals surface area contributed by atoms with Crippen LogP contribution in [0, 0.1) is 5.92 Å². The standard InChI is InChI=1S/C25H32N4O4S2/c1-27(2)15-6-16-29(25-26-22-7-4-5-8-23(22)34-25)24(30)19-13-17-28(18-14-19)35(31,32)21-11-9-20(33-3)10-12-21/h4-5,7-12,19H,6,13-18H2,1-3H3. The monoisotopic (exact) mass is 516 g/mol. The summed E-state index contributed by atoms with van der Waals surface area (Å²) in [4.78, 5) is 22.5. The molecule has 1 saturated heterocycles. The molecule has 4 rings (SSSR count). The third kappa shape index (κ3) is 5.83. The van der Waals surface area contributed by atoms with Gasteiger partial charge in [0.15, 0.2) is 5.13 Å². The number of rotatable bonds is 9. The zero-order chi connectivity index (χ0) is 25.0. The molecule has 0 atom stereocenters. The molecule has 1 fully saturated rings. The Hall–Kier alpha value is -2.53. The van der Waals surface area contributed by atoms with Gasteiger partial charge in [0.2, 0.25) is 15.9 Å². The number of benzene rings is 2. The lowest BCUT2D eigenvalue weighted by molar-refractivity contribution is -0.123. The first-order valence-corrected chi connectivity index (χ1v) is 14.0. The number of thiazole rings is 1. The molecule has 0 bridgehead atoms. The van der Waals surface area contributed by atoms with E-state index in [1.807, 2.05) is 43.3 Å². The summed E-state index contributed by atoms with van der Waals surface area (Å²) in [6, 6.07) is 14.3. The minimum absolute atomic E-state index is 0.0318. The van der Waals surface area contributed by atoms with Crippen molar-refractivity contribution in [1.29, 1.82) is 0 Å². The Labute approximate surface area is 211 Å². The van der Waals surface area contributed by atoms with Crippen LogP contribution in [0.1, 0.15) is 19.3 Å². The van der Waals surface area contributed by atoms with E-state index in [-0.39, 0.29) is 16.7 Å². The summed E-state index contributed by atoms with van der Waals surface area (Å²) in [5.74, 6) is 0.408. The van der Waals surface area contributed by atoms with Crippen molar-refractivity contribution in [3.63, 3.8) is 0 Å². The van der Waals surface area contributed by atoms with Crippen LogP contribution < -0.4 is 9.64 Å². The molecule has 0 N–H and O–H groups in total. The smallest absolute Gasteiger partial charge is 0.243 e. The van der Waals surface area contributed by atoms with Crippen LogP contribution >= 0.6 is 11.3 Å². The SMILES string of the molecule is COc1ccc(S(=O)(=O)N2CCC(C(=O)N(CCCN(C)C)c3nc4ccccc4s3)CC2)cc1. The summed E-state index contributed by atoms with van der Waals surface area (Å²) in [5.41, 5.74) is 0.887. The van der Waals surface area contributed by atoms with E-state index in [0.717, 1.165) is 23.2 Å². The van der Waals surface area contributed by atoms with Crippen molar-refractivity contribution in [2.24, 2.45) is 5.92 Å². The molecule has 1 aliphatic heterocycles. The number of hydrogen-bond donors (Lipinski definition) is 0. The largest absolute Gasteiger partial charge is 0.497 e. The number of nitrogens with zero attached hydrogens (tertiary/aromatic N) is 4. The van der Waals surface area contributed by atoms with Gasteiger partial charge in [0.05, 0.1) is 22.2 Å². The number of para-hydroxylation sites is 1. The Morgan fingerprint density at radius 2 is 1.77 bits per heavy atom. The number of carbonyl (C=O) groups excluding carboxylic acids is 1. The molecule has 2 aromatic carbocycles. The van der Waals surface area contributed by atoms with Gasteiger partial charge in [0, 0.05) is 25.6 Å². The maximum atomic E-state index is 13.6. The third-order valence-corrected chi connectivity index (χ3v) is 9.24. The first kappa shape index (κ1) is 25.6. The zero-order valence-corrected chi connectivity index (χ0v) is 22.0. The lowest BCUT2D eigenvalue weighted by Gasteiger charge is -2.33. The van der Waals surface area contributed by atoms with Crippen molar-refractivity contribution in [3.8, 4) is 5.75 Å². The highest BCUT2D eigenvalue weighted by molar-refractivity contribution is 7.89. The van der Waals surface area contributed by atoms with Crippen molar-refractivity contribution < 1.29 is 17.9 Å². The number of piperidine rings is 1. The average Bonchev–Trinajstić information content (AvgIpc) is 3.30. The predicted molar refractivity (Wildman–Crippen MR) is 140 cm³/mol. The van der Waals surface area contributed by atoms with Gasteiger partial charge in [-0.15, -0.1) is 0 Å². The zero-order valence-electron chi connectivity index (χ0n) is 20.4. The third-order valence-electron chi connectivity index (χ3n) is 6.27. The minimum atomic E-state index is -3.61. The summed E-state index contributed by atoms with van der Waals surface area (Å²) >= 11 is 1.53. The normalized spacial score (nSPS) is 15.5. The first-order valence-electron chi connectivity index (χ1n) is 11.8. The molecular weight excluding hydrogens is 484 g/mol. The number of anilines is 1. The highest BCUT2D eigenvalue weighted by atomic mass is 32.2. The van der Waals surface area contributed by atoms with Crippen molar-refractivity contribution >= 4 is 42.6 Å². The van der Waals surface area contributed by atoms with Crippen LogP contribution in [0.25, 0.3) is 10.2 Å². The maximum Gasteiger partial charge on any atom is 0.243 e. The van der Waals surface area contributed by atoms with Crippen LogP contribution in [-0.2, 0) is 14.8 Å². The molecule has 1 aliphatic rings. The van der Waals surface area contributed by atoms with Crippen molar-refractivity contribution in [1.82, 2.24) is 14.2 Å². The van der Waals surface area contributed by atoms with Gasteiger partial charge in [-0.3, -0.25) is 9.69 Å². The topological polar surface area (TPSA) is 83.0 Å². The van der Waals surface area contributed by atoms with E-state index in [1.165, 1.54) is 15.6 Å². The second-order valence-corrected chi connectivity index (χ2v) is 11.9. The number of amides is 1. The summed E-state index contributed by atoms with van der Waals surface area (Å²) in [7, 11) is 1.97. The summed E-state index contributed by atoms with van der Waals surface area (Å²) in [6.45, 7) is 2.08.